The predicted octanol–water partition coefficient (Wildman–Crippen LogP) is 13.6. The molecule has 230 valence electrons. The van der Waals surface area contributed by atoms with Gasteiger partial charge in [-0.2, -0.15) is 0 Å². The minimum absolute atomic E-state index is 0.0634. The minimum Gasteiger partial charge on any atom is -0.0622 e. The third kappa shape index (κ3) is 4.11. The Morgan fingerprint density at radius 3 is 1.53 bits per heavy atom. The van der Waals surface area contributed by atoms with Crippen LogP contribution < -0.4 is 0 Å². The predicted molar refractivity (Wildman–Crippen MR) is 210 cm³/mol. The van der Waals surface area contributed by atoms with Gasteiger partial charge in [0, 0.05) is 5.41 Å². The largest absolute Gasteiger partial charge is 0.0622 e. The minimum atomic E-state index is -0.0634. The highest BCUT2D eigenvalue weighted by atomic mass is 14.4. The van der Waals surface area contributed by atoms with Gasteiger partial charge in [-0.15, -0.1) is 0 Å². The van der Waals surface area contributed by atoms with Gasteiger partial charge in [-0.1, -0.05) is 166 Å². The Hall–Kier alpha value is -5.98. The Morgan fingerprint density at radius 1 is 0.306 bits per heavy atom. The van der Waals surface area contributed by atoms with Crippen molar-refractivity contribution in [2.24, 2.45) is 0 Å². The lowest BCUT2D eigenvalue weighted by atomic mass is 9.81. The van der Waals surface area contributed by atoms with E-state index in [9.17, 15) is 0 Å². The lowest BCUT2D eigenvalue weighted by Gasteiger charge is -2.22. The summed E-state index contributed by atoms with van der Waals surface area (Å²) in [5.74, 6) is 0. The van der Waals surface area contributed by atoms with E-state index in [4.69, 9.17) is 0 Å². The van der Waals surface area contributed by atoms with E-state index in [-0.39, 0.29) is 5.41 Å². The number of rotatable bonds is 3. The van der Waals surface area contributed by atoms with E-state index < -0.39 is 0 Å². The Bertz CT molecular complexity index is 2720. The van der Waals surface area contributed by atoms with Crippen LogP contribution in [0.25, 0.3) is 87.6 Å². The average molecular weight is 623 g/mol. The molecule has 9 aromatic rings. The van der Waals surface area contributed by atoms with E-state index in [0.717, 1.165) is 0 Å². The van der Waals surface area contributed by atoms with Crippen LogP contribution in [0.15, 0.2) is 170 Å². The smallest absolute Gasteiger partial charge is 0.0159 e. The first-order chi connectivity index (χ1) is 24.1. The zero-order valence-electron chi connectivity index (χ0n) is 27.7. The quantitative estimate of drug-likeness (QED) is 0.172. The molecule has 0 aromatic heterocycles. The highest BCUT2D eigenvalue weighted by Crippen LogP contribution is 2.53. The highest BCUT2D eigenvalue weighted by Gasteiger charge is 2.36. The molecule has 0 saturated carbocycles. The summed E-state index contributed by atoms with van der Waals surface area (Å²) < 4.78 is 0. The van der Waals surface area contributed by atoms with E-state index in [1.807, 2.05) is 0 Å². The zero-order chi connectivity index (χ0) is 32.7. The van der Waals surface area contributed by atoms with Gasteiger partial charge in [-0.05, 0) is 117 Å². The fourth-order valence-electron chi connectivity index (χ4n) is 8.72. The van der Waals surface area contributed by atoms with Crippen molar-refractivity contribution in [1.82, 2.24) is 0 Å². The van der Waals surface area contributed by atoms with Crippen LogP contribution in [0, 0.1) is 0 Å². The lowest BCUT2D eigenvalue weighted by molar-refractivity contribution is 0.661. The maximum atomic E-state index is 2.48. The molecule has 49 heavy (non-hydrogen) atoms. The van der Waals surface area contributed by atoms with Crippen molar-refractivity contribution in [3.8, 4) is 44.5 Å². The summed E-state index contributed by atoms with van der Waals surface area (Å²) in [6.07, 6.45) is 0. The Labute approximate surface area is 286 Å². The molecule has 1 aliphatic rings. The molecule has 0 heteroatoms. The van der Waals surface area contributed by atoms with Gasteiger partial charge in [-0.3, -0.25) is 0 Å². The molecule has 0 saturated heterocycles. The fraction of sp³-hybridized carbons (Fsp3) is 0.0612. The number of fused-ring (bicyclic) bond motifs is 8. The Kier molecular flexibility index (Phi) is 6.02. The third-order valence-electron chi connectivity index (χ3n) is 11.0. The average Bonchev–Trinajstić information content (AvgIpc) is 3.39. The molecular formula is C49H34. The van der Waals surface area contributed by atoms with Crippen molar-refractivity contribution in [3.63, 3.8) is 0 Å². The van der Waals surface area contributed by atoms with Gasteiger partial charge in [0.1, 0.15) is 0 Å². The maximum absolute atomic E-state index is 2.48. The van der Waals surface area contributed by atoms with Crippen LogP contribution in [0.1, 0.15) is 25.0 Å². The summed E-state index contributed by atoms with van der Waals surface area (Å²) in [6, 6.07) is 63.2. The van der Waals surface area contributed by atoms with Crippen molar-refractivity contribution in [2.45, 2.75) is 19.3 Å². The fourth-order valence-corrected chi connectivity index (χ4v) is 8.72. The van der Waals surface area contributed by atoms with Gasteiger partial charge < -0.3 is 0 Å². The summed E-state index contributed by atoms with van der Waals surface area (Å²) >= 11 is 0. The Balaban J connectivity index is 1.29. The number of hydrogen-bond donors (Lipinski definition) is 0. The highest BCUT2D eigenvalue weighted by molar-refractivity contribution is 6.24. The molecular weight excluding hydrogens is 589 g/mol. The molecule has 0 fully saturated rings. The summed E-state index contributed by atoms with van der Waals surface area (Å²) in [5.41, 5.74) is 13.1. The van der Waals surface area contributed by atoms with E-state index >= 15 is 0 Å². The molecule has 0 nitrogen and oxygen atoms in total. The van der Waals surface area contributed by atoms with Gasteiger partial charge in [0.2, 0.25) is 0 Å². The second kappa shape index (κ2) is 10.5. The van der Waals surface area contributed by atoms with Crippen molar-refractivity contribution < 1.29 is 0 Å². The summed E-state index contributed by atoms with van der Waals surface area (Å²) in [6.45, 7) is 4.75. The summed E-state index contributed by atoms with van der Waals surface area (Å²) in [4.78, 5) is 0. The van der Waals surface area contributed by atoms with Crippen molar-refractivity contribution in [2.75, 3.05) is 0 Å². The molecule has 0 heterocycles. The molecule has 0 N–H and O–H groups in total. The normalized spacial score (nSPS) is 13.3. The first kappa shape index (κ1) is 28.1. The lowest BCUT2D eigenvalue weighted by Crippen LogP contribution is -2.14. The summed E-state index contributed by atoms with van der Waals surface area (Å²) in [5, 5.41) is 10.3. The molecule has 0 radical (unpaired) electrons. The van der Waals surface area contributed by atoms with Crippen molar-refractivity contribution in [1.29, 1.82) is 0 Å². The SMILES string of the molecule is CC1(C)c2ccc(-c3c4ccccc4c(-c4cc(-c5ccccc5)cc5ccccc45)c4ccccc34)cc2-c2c1ccc1ccccc21. The van der Waals surface area contributed by atoms with Crippen LogP contribution in [0.4, 0.5) is 0 Å². The van der Waals surface area contributed by atoms with Gasteiger partial charge in [-0.25, -0.2) is 0 Å². The zero-order valence-corrected chi connectivity index (χ0v) is 27.7. The third-order valence-corrected chi connectivity index (χ3v) is 11.0. The monoisotopic (exact) mass is 622 g/mol. The molecule has 0 bridgehead atoms. The van der Waals surface area contributed by atoms with Crippen LogP contribution in [-0.2, 0) is 5.41 Å². The van der Waals surface area contributed by atoms with Gasteiger partial charge >= 0.3 is 0 Å². The standard InChI is InChI=1S/C49H34/c1-49(2)44-26-25-34(29-43(44)48-37-19-9-6-16-32(37)24-27-45(48)49)46-38-20-10-12-22-40(38)47(41-23-13-11-21-39(41)46)42-30-35(31-14-4-3-5-15-31)28-33-17-7-8-18-36(33)42/h3-30H,1-2H3. The molecule has 10 rings (SSSR count). The van der Waals surface area contributed by atoms with Crippen LogP contribution >= 0.6 is 0 Å². The van der Waals surface area contributed by atoms with Crippen LogP contribution in [0.2, 0.25) is 0 Å². The van der Waals surface area contributed by atoms with Gasteiger partial charge in [0.25, 0.3) is 0 Å². The maximum Gasteiger partial charge on any atom is 0.0159 e. The first-order valence-corrected chi connectivity index (χ1v) is 17.3. The molecule has 0 unspecified atom stereocenters. The van der Waals surface area contributed by atoms with Crippen LogP contribution in [0.5, 0.6) is 0 Å². The van der Waals surface area contributed by atoms with Gasteiger partial charge in [0.15, 0.2) is 0 Å². The Morgan fingerprint density at radius 2 is 0.837 bits per heavy atom. The van der Waals surface area contributed by atoms with Crippen LogP contribution in [-0.4, -0.2) is 0 Å². The van der Waals surface area contributed by atoms with E-state index in [1.54, 1.807) is 0 Å². The van der Waals surface area contributed by atoms with Crippen molar-refractivity contribution >= 4 is 43.1 Å². The van der Waals surface area contributed by atoms with E-state index in [1.165, 1.54) is 98.7 Å². The van der Waals surface area contributed by atoms with Crippen LogP contribution in [0.3, 0.4) is 0 Å². The van der Waals surface area contributed by atoms with Gasteiger partial charge in [0.05, 0.1) is 0 Å². The van der Waals surface area contributed by atoms with E-state index in [0.29, 0.717) is 0 Å². The molecule has 9 aromatic carbocycles. The number of hydrogen-bond acceptors (Lipinski definition) is 0. The number of benzene rings is 9. The topological polar surface area (TPSA) is 0 Å². The molecule has 0 amide bonds. The molecule has 0 aliphatic heterocycles. The molecule has 0 spiro atoms. The van der Waals surface area contributed by atoms with Crippen molar-refractivity contribution in [3.05, 3.63) is 181 Å². The molecule has 0 atom stereocenters. The second-order valence-electron chi connectivity index (χ2n) is 14.0. The second-order valence-corrected chi connectivity index (χ2v) is 14.0. The van der Waals surface area contributed by atoms with E-state index in [2.05, 4.69) is 184 Å². The molecule has 1 aliphatic carbocycles. The summed E-state index contributed by atoms with van der Waals surface area (Å²) in [7, 11) is 0. The first-order valence-electron chi connectivity index (χ1n) is 17.3.